The minimum absolute atomic E-state index is 0.0307. The molecule has 4 fully saturated rings. The number of amides is 2. The summed E-state index contributed by atoms with van der Waals surface area (Å²) in [7, 11) is 1.75. The van der Waals surface area contributed by atoms with E-state index in [1.165, 1.54) is 50.7 Å². The van der Waals surface area contributed by atoms with Crippen molar-refractivity contribution in [3.05, 3.63) is 30.1 Å². The normalized spacial score (nSPS) is 30.5. The van der Waals surface area contributed by atoms with E-state index >= 15 is 0 Å². The molecule has 0 unspecified atom stereocenters. The highest BCUT2D eigenvalue weighted by Crippen LogP contribution is 2.59. The molecule has 0 aliphatic heterocycles. The van der Waals surface area contributed by atoms with Crippen molar-refractivity contribution in [3.63, 3.8) is 0 Å². The molecule has 4 saturated carbocycles. The number of hydrogen-bond donors (Lipinski definition) is 2. The topological polar surface area (TPSA) is 61.4 Å². The van der Waals surface area contributed by atoms with Crippen LogP contribution in [-0.2, 0) is 9.59 Å². The largest absolute Gasteiger partial charge is 0.354 e. The average Bonchev–Trinajstić information content (AvgIpc) is 2.58. The van der Waals surface area contributed by atoms with Crippen LogP contribution in [0.4, 0.5) is 10.1 Å². The number of rotatable bonds is 7. The Labute approximate surface area is 166 Å². The van der Waals surface area contributed by atoms with Crippen LogP contribution in [-0.4, -0.2) is 43.4 Å². The van der Waals surface area contributed by atoms with Gasteiger partial charge in [-0.25, -0.2) is 4.39 Å². The van der Waals surface area contributed by atoms with Crippen molar-refractivity contribution in [2.24, 2.45) is 23.2 Å². The summed E-state index contributed by atoms with van der Waals surface area (Å²) in [6, 6.07) is 5.79. The van der Waals surface area contributed by atoms with E-state index in [1.807, 2.05) is 0 Å². The Hall–Kier alpha value is -1.95. The highest BCUT2D eigenvalue weighted by atomic mass is 19.1. The first kappa shape index (κ1) is 19.4. The number of nitrogens with one attached hydrogen (secondary N) is 2. The highest BCUT2D eigenvalue weighted by molar-refractivity contribution is 5.92. The maximum Gasteiger partial charge on any atom is 0.238 e. The van der Waals surface area contributed by atoms with Crippen molar-refractivity contribution < 1.29 is 14.0 Å². The Morgan fingerprint density at radius 3 is 2.29 bits per heavy atom. The molecular weight excluding hydrogens is 357 g/mol. The third kappa shape index (κ3) is 4.54. The molecule has 2 amide bonds. The predicted molar refractivity (Wildman–Crippen MR) is 106 cm³/mol. The molecule has 1 aromatic rings. The first-order chi connectivity index (χ1) is 13.4. The molecule has 0 saturated heterocycles. The van der Waals surface area contributed by atoms with E-state index in [2.05, 4.69) is 10.6 Å². The van der Waals surface area contributed by atoms with Crippen molar-refractivity contribution in [3.8, 4) is 0 Å². The number of anilines is 1. The van der Waals surface area contributed by atoms with Gasteiger partial charge in [0.25, 0.3) is 0 Å². The lowest BCUT2D eigenvalue weighted by molar-refractivity contribution is -0.124. The van der Waals surface area contributed by atoms with Crippen molar-refractivity contribution in [1.82, 2.24) is 10.2 Å². The maximum atomic E-state index is 13.2. The van der Waals surface area contributed by atoms with E-state index in [1.54, 1.807) is 24.1 Å². The number of carbonyl (C=O) groups excluding carboxylic acids is 2. The number of halogens is 1. The molecule has 0 spiro atoms. The summed E-state index contributed by atoms with van der Waals surface area (Å²) in [6.07, 6.45) is 8.00. The molecule has 2 N–H and O–H groups in total. The van der Waals surface area contributed by atoms with E-state index in [9.17, 15) is 14.0 Å². The first-order valence-corrected chi connectivity index (χ1v) is 10.4. The molecule has 6 heteroatoms. The van der Waals surface area contributed by atoms with Gasteiger partial charge in [-0.1, -0.05) is 6.07 Å². The Balaban J connectivity index is 1.21. The lowest BCUT2D eigenvalue weighted by Gasteiger charge is -2.56. The summed E-state index contributed by atoms with van der Waals surface area (Å²) < 4.78 is 13.2. The Bertz CT molecular complexity index is 716. The molecule has 28 heavy (non-hydrogen) atoms. The van der Waals surface area contributed by atoms with Gasteiger partial charge in [0.1, 0.15) is 5.82 Å². The number of carbonyl (C=O) groups is 2. The molecule has 5 nitrogen and oxygen atoms in total. The second-order valence-corrected chi connectivity index (χ2v) is 9.43. The average molecular weight is 387 g/mol. The van der Waals surface area contributed by atoms with E-state index in [-0.39, 0.29) is 24.9 Å². The summed E-state index contributed by atoms with van der Waals surface area (Å²) in [4.78, 5) is 26.2. The van der Waals surface area contributed by atoms with E-state index in [0.29, 0.717) is 11.1 Å². The van der Waals surface area contributed by atoms with Crippen LogP contribution in [0.25, 0.3) is 0 Å². The summed E-state index contributed by atoms with van der Waals surface area (Å²) in [6.45, 7) is 1.04. The fourth-order valence-corrected chi connectivity index (χ4v) is 6.16. The maximum absolute atomic E-state index is 13.2. The van der Waals surface area contributed by atoms with Crippen molar-refractivity contribution in [2.45, 2.75) is 38.5 Å². The number of likely N-dealkylation sites (N-methyl/N-ethyl adjacent to an activating group) is 1. The quantitative estimate of drug-likeness (QED) is 0.756. The molecule has 152 valence electrons. The standard InChI is InChI=1S/C22H30FN3O2/c1-26(13-21(28)25-19-4-2-3-18(23)8-19)12-20(27)24-14-22-9-15-5-16(10-22)7-17(6-15)11-22/h2-4,8,15-17H,5-7,9-14H2,1H3,(H,24,27)(H,25,28). The van der Waals surface area contributed by atoms with Crippen molar-refractivity contribution >= 4 is 17.5 Å². The van der Waals surface area contributed by atoms with Gasteiger partial charge in [-0.15, -0.1) is 0 Å². The lowest BCUT2D eigenvalue weighted by atomic mass is 9.49. The molecule has 0 aromatic heterocycles. The number of benzene rings is 1. The zero-order valence-corrected chi connectivity index (χ0v) is 16.5. The summed E-state index contributed by atoms with van der Waals surface area (Å²) in [5.41, 5.74) is 0.738. The molecule has 0 atom stereocenters. The Morgan fingerprint density at radius 2 is 1.68 bits per heavy atom. The van der Waals surface area contributed by atoms with Crippen LogP contribution in [0.5, 0.6) is 0 Å². The molecular formula is C22H30FN3O2. The Kier molecular flexibility index (Phi) is 5.41. The summed E-state index contributed by atoms with van der Waals surface area (Å²) in [5, 5.41) is 5.79. The molecule has 4 bridgehead atoms. The Morgan fingerprint density at radius 1 is 1.07 bits per heavy atom. The van der Waals surface area contributed by atoms with Crippen LogP contribution >= 0.6 is 0 Å². The monoisotopic (exact) mass is 387 g/mol. The van der Waals surface area contributed by atoms with Crippen LogP contribution in [0.15, 0.2) is 24.3 Å². The zero-order chi connectivity index (χ0) is 19.7. The van der Waals surface area contributed by atoms with Crippen molar-refractivity contribution in [1.29, 1.82) is 0 Å². The van der Waals surface area contributed by atoms with Gasteiger partial charge < -0.3 is 10.6 Å². The smallest absolute Gasteiger partial charge is 0.238 e. The molecule has 4 aliphatic carbocycles. The van der Waals surface area contributed by atoms with Gasteiger partial charge in [0, 0.05) is 12.2 Å². The van der Waals surface area contributed by atoms with Crippen molar-refractivity contribution in [2.75, 3.05) is 32.0 Å². The highest BCUT2D eigenvalue weighted by Gasteiger charge is 2.50. The molecule has 5 rings (SSSR count). The van der Waals surface area contributed by atoms with Gasteiger partial charge in [0.2, 0.25) is 11.8 Å². The third-order valence-electron chi connectivity index (χ3n) is 6.76. The van der Waals surface area contributed by atoms with Gasteiger partial charge >= 0.3 is 0 Å². The van der Waals surface area contributed by atoms with Gasteiger partial charge in [-0.3, -0.25) is 14.5 Å². The molecule has 4 aliphatic rings. The lowest BCUT2D eigenvalue weighted by Crippen LogP contribution is -2.52. The summed E-state index contributed by atoms with van der Waals surface area (Å²) in [5.74, 6) is 1.93. The van der Waals surface area contributed by atoms with E-state index in [0.717, 1.165) is 24.3 Å². The predicted octanol–water partition coefficient (Wildman–Crippen LogP) is 3.03. The third-order valence-corrected chi connectivity index (χ3v) is 6.76. The van der Waals surface area contributed by atoms with Gasteiger partial charge in [-0.2, -0.15) is 0 Å². The molecule has 0 radical (unpaired) electrons. The van der Waals surface area contributed by atoms with Gasteiger partial charge in [-0.05, 0) is 86.9 Å². The van der Waals surface area contributed by atoms with Gasteiger partial charge in [0.15, 0.2) is 0 Å². The van der Waals surface area contributed by atoms with E-state index in [4.69, 9.17) is 0 Å². The fourth-order valence-electron chi connectivity index (χ4n) is 6.16. The second-order valence-electron chi connectivity index (χ2n) is 9.43. The SMILES string of the molecule is CN(CC(=O)NCC12CC3CC(CC(C3)C1)C2)CC(=O)Nc1cccc(F)c1. The van der Waals surface area contributed by atoms with Gasteiger partial charge in [0.05, 0.1) is 13.1 Å². The van der Waals surface area contributed by atoms with E-state index < -0.39 is 5.82 Å². The minimum Gasteiger partial charge on any atom is -0.354 e. The number of hydrogen-bond acceptors (Lipinski definition) is 3. The fraction of sp³-hybridized carbons (Fsp3) is 0.636. The first-order valence-electron chi connectivity index (χ1n) is 10.4. The molecule has 0 heterocycles. The minimum atomic E-state index is -0.393. The summed E-state index contributed by atoms with van der Waals surface area (Å²) >= 11 is 0. The van der Waals surface area contributed by atoms with Crippen LogP contribution in [0.3, 0.4) is 0 Å². The van der Waals surface area contributed by atoms with Crippen LogP contribution < -0.4 is 10.6 Å². The molecule has 1 aromatic carbocycles. The number of nitrogens with zero attached hydrogens (tertiary/aromatic N) is 1. The van der Waals surface area contributed by atoms with Crippen LogP contribution in [0.1, 0.15) is 38.5 Å². The van der Waals surface area contributed by atoms with Crippen LogP contribution in [0.2, 0.25) is 0 Å². The zero-order valence-electron chi connectivity index (χ0n) is 16.5. The second kappa shape index (κ2) is 7.82. The van der Waals surface area contributed by atoms with Crippen LogP contribution in [0, 0.1) is 29.0 Å².